The number of carbonyl (C=O) groups is 2. The van der Waals surface area contributed by atoms with Crippen LogP contribution in [0.5, 0.6) is 0 Å². The maximum Gasteiger partial charge on any atom is 0.248 e. The quantitative estimate of drug-likeness (QED) is 0.676. The lowest BCUT2D eigenvalue weighted by Gasteiger charge is -2.24. The fourth-order valence-corrected chi connectivity index (χ4v) is 1.95. The number of primary amides is 1. The van der Waals surface area contributed by atoms with Crippen molar-refractivity contribution >= 4 is 23.2 Å². The highest BCUT2D eigenvalue weighted by molar-refractivity contribution is 5.95. The Balaban J connectivity index is 2.83. The van der Waals surface area contributed by atoms with Crippen molar-refractivity contribution in [1.29, 1.82) is 0 Å². The Bertz CT molecular complexity index is 498. The minimum Gasteiger partial charge on any atom is -0.397 e. The smallest absolute Gasteiger partial charge is 0.248 e. The van der Waals surface area contributed by atoms with Crippen molar-refractivity contribution in [3.05, 3.63) is 23.8 Å². The van der Waals surface area contributed by atoms with Gasteiger partial charge in [-0.15, -0.1) is 0 Å². The van der Waals surface area contributed by atoms with Gasteiger partial charge in [0.25, 0.3) is 0 Å². The van der Waals surface area contributed by atoms with E-state index >= 15 is 0 Å². The van der Waals surface area contributed by atoms with E-state index in [9.17, 15) is 9.59 Å². The molecule has 1 rings (SSSR count). The van der Waals surface area contributed by atoms with Crippen LogP contribution in [-0.2, 0) is 4.79 Å². The second-order valence-corrected chi connectivity index (χ2v) is 4.54. The first-order valence-corrected chi connectivity index (χ1v) is 6.65. The predicted molar refractivity (Wildman–Crippen MR) is 80.4 cm³/mol. The van der Waals surface area contributed by atoms with E-state index in [-0.39, 0.29) is 5.91 Å². The van der Waals surface area contributed by atoms with Crippen LogP contribution in [0.2, 0.25) is 0 Å². The lowest BCUT2D eigenvalue weighted by Crippen LogP contribution is -2.41. The molecule has 0 spiro atoms. The molecule has 6 heteroatoms. The molecular weight excluding hydrogens is 256 g/mol. The van der Waals surface area contributed by atoms with Gasteiger partial charge in [-0.05, 0) is 39.0 Å². The van der Waals surface area contributed by atoms with E-state index < -0.39 is 11.9 Å². The number of nitrogen functional groups attached to an aromatic ring is 1. The lowest BCUT2D eigenvalue weighted by molar-refractivity contribution is -0.131. The molecule has 5 N–H and O–H groups in total. The number of hydrogen-bond acceptors (Lipinski definition) is 4. The number of nitrogens with zero attached hydrogens (tertiary/aromatic N) is 1. The third kappa shape index (κ3) is 3.63. The predicted octanol–water partition coefficient (Wildman–Crippen LogP) is 1.04. The Labute approximate surface area is 119 Å². The van der Waals surface area contributed by atoms with E-state index in [4.69, 9.17) is 11.5 Å². The zero-order valence-corrected chi connectivity index (χ0v) is 12.1. The lowest BCUT2D eigenvalue weighted by atomic mass is 10.1. The molecule has 0 bridgehead atoms. The molecule has 1 unspecified atom stereocenters. The number of benzene rings is 1. The number of carbonyl (C=O) groups excluding carboxylic acids is 2. The Morgan fingerprint density at radius 3 is 2.35 bits per heavy atom. The number of rotatable bonds is 6. The normalized spacial score (nSPS) is 11.8. The topological polar surface area (TPSA) is 101 Å². The van der Waals surface area contributed by atoms with Crippen molar-refractivity contribution < 1.29 is 9.59 Å². The fourth-order valence-electron chi connectivity index (χ4n) is 1.95. The number of nitrogens with one attached hydrogen (secondary N) is 1. The van der Waals surface area contributed by atoms with Gasteiger partial charge < -0.3 is 21.7 Å². The van der Waals surface area contributed by atoms with Crippen LogP contribution in [-0.4, -0.2) is 35.8 Å². The van der Waals surface area contributed by atoms with Gasteiger partial charge in [-0.25, -0.2) is 0 Å². The van der Waals surface area contributed by atoms with Crippen LogP contribution < -0.4 is 16.8 Å². The van der Waals surface area contributed by atoms with Crippen LogP contribution in [0, 0.1) is 0 Å². The molecule has 1 aromatic rings. The molecule has 6 nitrogen and oxygen atoms in total. The molecule has 1 atom stereocenters. The van der Waals surface area contributed by atoms with Crippen molar-refractivity contribution in [3.63, 3.8) is 0 Å². The zero-order chi connectivity index (χ0) is 15.3. The Kier molecular flexibility index (Phi) is 5.37. The van der Waals surface area contributed by atoms with Crippen molar-refractivity contribution in [1.82, 2.24) is 4.90 Å². The first kappa shape index (κ1) is 15.8. The Morgan fingerprint density at radius 2 is 1.90 bits per heavy atom. The van der Waals surface area contributed by atoms with Crippen molar-refractivity contribution in [2.24, 2.45) is 5.73 Å². The second kappa shape index (κ2) is 6.79. The third-order valence-corrected chi connectivity index (χ3v) is 3.15. The number of anilines is 2. The highest BCUT2D eigenvalue weighted by Crippen LogP contribution is 2.21. The summed E-state index contributed by atoms with van der Waals surface area (Å²) in [6.07, 6.45) is 0. The third-order valence-electron chi connectivity index (χ3n) is 3.15. The van der Waals surface area contributed by atoms with Crippen LogP contribution in [0.3, 0.4) is 0 Å². The van der Waals surface area contributed by atoms with Gasteiger partial charge in [0.2, 0.25) is 11.8 Å². The molecule has 0 aromatic heterocycles. The Hall–Kier alpha value is -2.24. The summed E-state index contributed by atoms with van der Waals surface area (Å²) in [6.45, 7) is 6.98. The van der Waals surface area contributed by atoms with E-state index in [2.05, 4.69) is 5.32 Å². The molecule has 0 fully saturated rings. The van der Waals surface area contributed by atoms with E-state index in [1.54, 1.807) is 24.0 Å². The minimum atomic E-state index is -0.532. The van der Waals surface area contributed by atoms with Crippen molar-refractivity contribution in [2.75, 3.05) is 24.1 Å². The molecule has 110 valence electrons. The summed E-state index contributed by atoms with van der Waals surface area (Å²) in [4.78, 5) is 24.9. The largest absolute Gasteiger partial charge is 0.397 e. The molecule has 0 aliphatic rings. The maximum absolute atomic E-state index is 12.1. The summed E-state index contributed by atoms with van der Waals surface area (Å²) in [5, 5.41) is 3.06. The van der Waals surface area contributed by atoms with E-state index in [0.29, 0.717) is 30.0 Å². The van der Waals surface area contributed by atoms with Gasteiger partial charge in [0, 0.05) is 18.7 Å². The van der Waals surface area contributed by atoms with Crippen LogP contribution in [0.4, 0.5) is 11.4 Å². The fraction of sp³-hybridized carbons (Fsp3) is 0.429. The highest BCUT2D eigenvalue weighted by Gasteiger charge is 2.18. The molecule has 0 heterocycles. The summed E-state index contributed by atoms with van der Waals surface area (Å²) in [5.41, 5.74) is 12.4. The first-order chi connectivity index (χ1) is 9.40. The van der Waals surface area contributed by atoms with Gasteiger partial charge in [-0.2, -0.15) is 0 Å². The van der Waals surface area contributed by atoms with Crippen LogP contribution in [0.25, 0.3) is 0 Å². The van der Waals surface area contributed by atoms with E-state index in [1.165, 1.54) is 6.07 Å². The van der Waals surface area contributed by atoms with Gasteiger partial charge in [-0.1, -0.05) is 0 Å². The summed E-state index contributed by atoms with van der Waals surface area (Å²) >= 11 is 0. The molecular formula is C14H22N4O2. The minimum absolute atomic E-state index is 0.00776. The van der Waals surface area contributed by atoms with Crippen LogP contribution in [0.15, 0.2) is 18.2 Å². The van der Waals surface area contributed by atoms with E-state index in [0.717, 1.165) is 0 Å². The Morgan fingerprint density at radius 1 is 1.30 bits per heavy atom. The van der Waals surface area contributed by atoms with Gasteiger partial charge in [0.1, 0.15) is 6.04 Å². The molecule has 0 aliphatic heterocycles. The van der Waals surface area contributed by atoms with Gasteiger partial charge in [0.15, 0.2) is 0 Å². The van der Waals surface area contributed by atoms with Gasteiger partial charge in [-0.3, -0.25) is 9.59 Å². The van der Waals surface area contributed by atoms with Crippen molar-refractivity contribution in [3.8, 4) is 0 Å². The highest BCUT2D eigenvalue weighted by atomic mass is 16.2. The summed E-state index contributed by atoms with van der Waals surface area (Å²) in [6, 6.07) is 4.34. The molecule has 0 saturated carbocycles. The number of hydrogen-bond donors (Lipinski definition) is 3. The first-order valence-electron chi connectivity index (χ1n) is 6.65. The molecule has 0 aliphatic carbocycles. The molecule has 0 saturated heterocycles. The second-order valence-electron chi connectivity index (χ2n) is 4.54. The van der Waals surface area contributed by atoms with E-state index in [1.807, 2.05) is 13.8 Å². The summed E-state index contributed by atoms with van der Waals surface area (Å²) in [7, 11) is 0. The maximum atomic E-state index is 12.1. The van der Waals surface area contributed by atoms with Crippen molar-refractivity contribution in [2.45, 2.75) is 26.8 Å². The molecule has 0 radical (unpaired) electrons. The van der Waals surface area contributed by atoms with Gasteiger partial charge in [0.05, 0.1) is 11.4 Å². The van der Waals surface area contributed by atoms with Crippen LogP contribution >= 0.6 is 0 Å². The van der Waals surface area contributed by atoms with Crippen LogP contribution in [0.1, 0.15) is 31.1 Å². The average Bonchev–Trinajstić information content (AvgIpc) is 2.41. The summed E-state index contributed by atoms with van der Waals surface area (Å²) in [5.74, 6) is -0.524. The number of nitrogens with two attached hydrogens (primary N) is 2. The molecule has 20 heavy (non-hydrogen) atoms. The SMILES string of the molecule is CCN(CC)C(=O)C(C)Nc1ccc(C(N)=O)cc1N. The standard InChI is InChI=1S/C14H22N4O2/c1-4-18(5-2)14(20)9(3)17-12-7-6-10(13(16)19)8-11(12)15/h6-9,17H,4-5,15H2,1-3H3,(H2,16,19). The number of amides is 2. The summed E-state index contributed by atoms with van der Waals surface area (Å²) < 4.78 is 0. The van der Waals surface area contributed by atoms with Gasteiger partial charge >= 0.3 is 0 Å². The number of likely N-dealkylation sites (N-methyl/N-ethyl adjacent to an activating group) is 1. The average molecular weight is 278 g/mol. The monoisotopic (exact) mass is 278 g/mol. The zero-order valence-electron chi connectivity index (χ0n) is 12.1. The molecule has 1 aromatic carbocycles. The molecule has 2 amide bonds.